The van der Waals surface area contributed by atoms with Crippen molar-refractivity contribution in [1.82, 2.24) is 5.32 Å². The van der Waals surface area contributed by atoms with Gasteiger partial charge in [0, 0.05) is 11.9 Å². The number of methoxy groups -OCH3 is 1. The predicted molar refractivity (Wildman–Crippen MR) is 65.3 cm³/mol. The fourth-order valence-electron chi connectivity index (χ4n) is 1.21. The molecule has 0 aliphatic heterocycles. The molecule has 0 unspecified atom stereocenters. The normalized spacial score (nSPS) is 10.9. The number of hydrogen-bond donors (Lipinski definition) is 1. The van der Waals surface area contributed by atoms with E-state index in [0.29, 0.717) is 10.6 Å². The minimum atomic E-state index is -0.611. The Morgan fingerprint density at radius 2 is 2.12 bits per heavy atom. The van der Waals surface area contributed by atoms with E-state index in [4.69, 9.17) is 11.6 Å². The lowest BCUT2D eigenvalue weighted by Crippen LogP contribution is -2.25. The van der Waals surface area contributed by atoms with Crippen molar-refractivity contribution in [1.29, 1.82) is 0 Å². The molecule has 1 amide bonds. The maximum Gasteiger partial charge on any atom is 0.354 e. The molecule has 1 aromatic rings. The zero-order chi connectivity index (χ0) is 12.8. The highest BCUT2D eigenvalue weighted by Gasteiger charge is 2.10. The van der Waals surface area contributed by atoms with Crippen LogP contribution in [0.2, 0.25) is 5.02 Å². The van der Waals surface area contributed by atoms with Crippen LogP contribution in [0.3, 0.4) is 0 Å². The number of rotatable bonds is 3. The molecular formula is C12H12ClNO3. The lowest BCUT2D eigenvalue weighted by Gasteiger charge is -2.05. The number of amides is 1. The smallest absolute Gasteiger partial charge is 0.354 e. The summed E-state index contributed by atoms with van der Waals surface area (Å²) in [4.78, 5) is 22.3. The third-order valence-corrected chi connectivity index (χ3v) is 2.11. The van der Waals surface area contributed by atoms with Crippen LogP contribution in [0.4, 0.5) is 0 Å². The monoisotopic (exact) mass is 253 g/mol. The average molecular weight is 254 g/mol. The van der Waals surface area contributed by atoms with Crippen LogP contribution >= 0.6 is 11.6 Å². The number of halogens is 1. The molecule has 4 nitrogen and oxygen atoms in total. The SMILES string of the molecule is COC(=O)/C(=C\c1cccc(Cl)c1)NC(C)=O. The van der Waals surface area contributed by atoms with E-state index in [2.05, 4.69) is 10.1 Å². The standard InChI is InChI=1S/C12H12ClNO3/c1-8(15)14-11(12(16)17-2)7-9-4-3-5-10(13)6-9/h3-7H,1-2H3,(H,14,15)/b11-7+. The van der Waals surface area contributed by atoms with Gasteiger partial charge in [-0.1, -0.05) is 23.7 Å². The Kier molecular flexibility index (Phi) is 4.72. The summed E-state index contributed by atoms with van der Waals surface area (Å²) in [5.41, 5.74) is 0.772. The molecule has 1 N–H and O–H groups in total. The van der Waals surface area contributed by atoms with Crippen LogP contribution in [0.1, 0.15) is 12.5 Å². The van der Waals surface area contributed by atoms with Crippen molar-refractivity contribution in [2.75, 3.05) is 7.11 Å². The van der Waals surface area contributed by atoms with Gasteiger partial charge in [-0.2, -0.15) is 0 Å². The predicted octanol–water partition coefficient (Wildman–Crippen LogP) is 1.99. The van der Waals surface area contributed by atoms with Gasteiger partial charge in [0.15, 0.2) is 0 Å². The van der Waals surface area contributed by atoms with Crippen LogP contribution < -0.4 is 5.32 Å². The molecule has 0 radical (unpaired) electrons. The molecule has 0 saturated carbocycles. The molecule has 0 bridgehead atoms. The van der Waals surface area contributed by atoms with E-state index in [1.165, 1.54) is 20.1 Å². The fraction of sp³-hybridized carbons (Fsp3) is 0.167. The molecule has 1 rings (SSSR count). The molecule has 0 heterocycles. The van der Waals surface area contributed by atoms with E-state index >= 15 is 0 Å². The highest BCUT2D eigenvalue weighted by Crippen LogP contribution is 2.13. The van der Waals surface area contributed by atoms with Crippen molar-refractivity contribution < 1.29 is 14.3 Å². The Hall–Kier alpha value is -1.81. The highest BCUT2D eigenvalue weighted by molar-refractivity contribution is 6.30. The van der Waals surface area contributed by atoms with Crippen molar-refractivity contribution >= 4 is 29.6 Å². The first kappa shape index (κ1) is 13.3. The zero-order valence-corrected chi connectivity index (χ0v) is 10.2. The van der Waals surface area contributed by atoms with E-state index in [1.807, 2.05) is 0 Å². The number of ether oxygens (including phenoxy) is 1. The second-order valence-corrected chi connectivity index (χ2v) is 3.72. The number of hydrogen-bond acceptors (Lipinski definition) is 3. The molecule has 0 spiro atoms. The summed E-state index contributed by atoms with van der Waals surface area (Å²) in [5.74, 6) is -0.955. The number of carbonyl (C=O) groups is 2. The minimum Gasteiger partial charge on any atom is -0.464 e. The molecule has 0 saturated heterocycles. The van der Waals surface area contributed by atoms with Gasteiger partial charge in [-0.15, -0.1) is 0 Å². The van der Waals surface area contributed by atoms with Crippen molar-refractivity contribution in [3.63, 3.8) is 0 Å². The maximum absolute atomic E-state index is 11.4. The molecule has 0 aliphatic rings. The average Bonchev–Trinajstić information content (AvgIpc) is 2.26. The number of nitrogens with one attached hydrogen (secondary N) is 1. The summed E-state index contributed by atoms with van der Waals surface area (Å²) in [7, 11) is 1.25. The minimum absolute atomic E-state index is 0.0715. The van der Waals surface area contributed by atoms with Crippen molar-refractivity contribution in [3.8, 4) is 0 Å². The lowest BCUT2D eigenvalue weighted by atomic mass is 10.2. The van der Waals surface area contributed by atoms with Crippen molar-refractivity contribution in [3.05, 3.63) is 40.5 Å². The molecule has 0 atom stereocenters. The first-order valence-electron chi connectivity index (χ1n) is 4.86. The molecule has 0 aliphatic carbocycles. The lowest BCUT2D eigenvalue weighted by molar-refractivity contribution is -0.137. The summed E-state index contributed by atoms with van der Waals surface area (Å²) in [6.45, 7) is 1.31. The van der Waals surface area contributed by atoms with Gasteiger partial charge in [-0.05, 0) is 23.8 Å². The molecule has 17 heavy (non-hydrogen) atoms. The van der Waals surface area contributed by atoms with Gasteiger partial charge in [0.2, 0.25) is 5.91 Å². The Balaban J connectivity index is 3.04. The summed E-state index contributed by atoms with van der Waals surface area (Å²) >= 11 is 5.81. The molecule has 0 aromatic heterocycles. The van der Waals surface area contributed by atoms with E-state index < -0.39 is 5.97 Å². The first-order chi connectivity index (χ1) is 8.02. The van der Waals surface area contributed by atoms with Crippen LogP contribution in [0.15, 0.2) is 30.0 Å². The summed E-state index contributed by atoms with van der Waals surface area (Å²) in [6.07, 6.45) is 1.50. The van der Waals surface area contributed by atoms with Gasteiger partial charge >= 0.3 is 5.97 Å². The van der Waals surface area contributed by atoms with Crippen LogP contribution in [0.5, 0.6) is 0 Å². The van der Waals surface area contributed by atoms with Crippen molar-refractivity contribution in [2.45, 2.75) is 6.92 Å². The zero-order valence-electron chi connectivity index (χ0n) is 9.49. The van der Waals surface area contributed by atoms with Gasteiger partial charge in [-0.25, -0.2) is 4.79 Å². The number of carbonyl (C=O) groups excluding carboxylic acids is 2. The molecule has 5 heteroatoms. The number of esters is 1. The Morgan fingerprint density at radius 3 is 2.65 bits per heavy atom. The fourth-order valence-corrected chi connectivity index (χ4v) is 1.41. The van der Waals surface area contributed by atoms with Crippen LogP contribution in [-0.4, -0.2) is 19.0 Å². The number of benzene rings is 1. The van der Waals surface area contributed by atoms with Gasteiger partial charge < -0.3 is 10.1 Å². The third-order valence-electron chi connectivity index (χ3n) is 1.88. The molecule has 0 fully saturated rings. The van der Waals surface area contributed by atoms with Gasteiger partial charge in [0.05, 0.1) is 7.11 Å². The van der Waals surface area contributed by atoms with Crippen molar-refractivity contribution in [2.24, 2.45) is 0 Å². The van der Waals surface area contributed by atoms with E-state index in [-0.39, 0.29) is 11.6 Å². The second-order valence-electron chi connectivity index (χ2n) is 3.29. The summed E-state index contributed by atoms with van der Waals surface area (Å²) < 4.78 is 4.56. The Bertz CT molecular complexity index is 469. The quantitative estimate of drug-likeness (QED) is 0.662. The highest BCUT2D eigenvalue weighted by atomic mass is 35.5. The van der Waals surface area contributed by atoms with E-state index in [0.717, 1.165) is 0 Å². The van der Waals surface area contributed by atoms with E-state index in [9.17, 15) is 9.59 Å². The maximum atomic E-state index is 11.4. The first-order valence-corrected chi connectivity index (χ1v) is 5.24. The van der Waals surface area contributed by atoms with Crippen LogP contribution in [0, 0.1) is 0 Å². The second kappa shape index (κ2) is 6.06. The summed E-state index contributed by atoms with van der Waals surface area (Å²) in [6, 6.07) is 6.90. The van der Waals surface area contributed by atoms with Crippen LogP contribution in [-0.2, 0) is 14.3 Å². The molecule has 1 aromatic carbocycles. The molecule has 90 valence electrons. The summed E-state index contributed by atoms with van der Waals surface area (Å²) in [5, 5.41) is 2.95. The Labute approximate surface area is 104 Å². The van der Waals surface area contributed by atoms with Gasteiger partial charge in [0.1, 0.15) is 5.70 Å². The molecular weight excluding hydrogens is 242 g/mol. The Morgan fingerprint density at radius 1 is 1.41 bits per heavy atom. The van der Waals surface area contributed by atoms with E-state index in [1.54, 1.807) is 24.3 Å². The third kappa shape index (κ3) is 4.28. The van der Waals surface area contributed by atoms with Gasteiger partial charge in [-0.3, -0.25) is 4.79 Å². The van der Waals surface area contributed by atoms with Crippen LogP contribution in [0.25, 0.3) is 6.08 Å². The van der Waals surface area contributed by atoms with Gasteiger partial charge in [0.25, 0.3) is 0 Å². The largest absolute Gasteiger partial charge is 0.464 e. The topological polar surface area (TPSA) is 55.4 Å².